The molecule has 0 bridgehead atoms. The Morgan fingerprint density at radius 3 is 2.50 bits per heavy atom. The smallest absolute Gasteiger partial charge is 0.274 e. The maximum absolute atomic E-state index is 14.4. The Morgan fingerprint density at radius 2 is 1.79 bits per heavy atom. The number of anilines is 1. The van der Waals surface area contributed by atoms with Gasteiger partial charge in [0.25, 0.3) is 5.91 Å². The molecule has 1 saturated carbocycles. The van der Waals surface area contributed by atoms with Crippen LogP contribution in [0.5, 0.6) is 0 Å². The number of hydrogen-bond donors (Lipinski definition) is 3. The fourth-order valence-corrected chi connectivity index (χ4v) is 4.27. The third-order valence-electron chi connectivity index (χ3n) is 6.21. The number of halogens is 3. The van der Waals surface area contributed by atoms with Crippen molar-refractivity contribution in [3.8, 4) is 11.3 Å². The second kappa shape index (κ2) is 8.46. The van der Waals surface area contributed by atoms with Gasteiger partial charge in [0, 0.05) is 18.2 Å². The van der Waals surface area contributed by atoms with Crippen LogP contribution in [0.25, 0.3) is 11.3 Å². The summed E-state index contributed by atoms with van der Waals surface area (Å²) < 4.78 is 48.8. The molecule has 3 N–H and O–H groups in total. The van der Waals surface area contributed by atoms with E-state index >= 15 is 0 Å². The van der Waals surface area contributed by atoms with Crippen LogP contribution in [0.4, 0.5) is 18.9 Å². The van der Waals surface area contributed by atoms with Crippen molar-refractivity contribution in [3.05, 3.63) is 77.5 Å². The number of nitrogens with one attached hydrogen (secondary N) is 1. The highest BCUT2D eigenvalue weighted by Gasteiger charge is 2.57. The van der Waals surface area contributed by atoms with Gasteiger partial charge in [0.1, 0.15) is 34.9 Å². The molecule has 10 heteroatoms. The molecule has 1 spiro atoms. The molecule has 1 aliphatic carbocycles. The Labute approximate surface area is 192 Å². The molecular formula is C24H20F3N3O4. The van der Waals surface area contributed by atoms with Gasteiger partial charge in [-0.25, -0.2) is 18.2 Å². The molecule has 2 aliphatic rings. The van der Waals surface area contributed by atoms with Crippen LogP contribution in [0.3, 0.4) is 0 Å². The van der Waals surface area contributed by atoms with Crippen molar-refractivity contribution < 1.29 is 32.9 Å². The maximum atomic E-state index is 14.4. The Bertz CT molecular complexity index is 1250. The van der Waals surface area contributed by atoms with Gasteiger partial charge < -0.3 is 20.3 Å². The minimum Gasteiger partial charge on any atom is -0.390 e. The van der Waals surface area contributed by atoms with Crippen LogP contribution in [0.15, 0.2) is 48.8 Å². The number of ether oxygens (including phenoxy) is 1. The van der Waals surface area contributed by atoms with E-state index < -0.39 is 58.5 Å². The number of aliphatic hydroxyl groups is 2. The highest BCUT2D eigenvalue weighted by atomic mass is 19.1. The van der Waals surface area contributed by atoms with Gasteiger partial charge in [-0.05, 0) is 43.2 Å². The number of aromatic nitrogens is 2. The van der Waals surface area contributed by atoms with Crippen molar-refractivity contribution in [3.63, 3.8) is 0 Å². The van der Waals surface area contributed by atoms with Gasteiger partial charge in [-0.3, -0.25) is 9.78 Å². The summed E-state index contributed by atoms with van der Waals surface area (Å²) in [4.78, 5) is 20.8. The number of amides is 1. The molecule has 2 aromatic heterocycles. The van der Waals surface area contributed by atoms with E-state index in [1.807, 2.05) is 0 Å². The molecule has 3 heterocycles. The largest absolute Gasteiger partial charge is 0.390 e. The van der Waals surface area contributed by atoms with Crippen LogP contribution < -0.4 is 5.32 Å². The fraction of sp³-hybridized carbons (Fsp3) is 0.292. The predicted molar refractivity (Wildman–Crippen MR) is 114 cm³/mol. The van der Waals surface area contributed by atoms with Crippen molar-refractivity contribution in [2.24, 2.45) is 0 Å². The number of carbonyl (C=O) groups is 1. The van der Waals surface area contributed by atoms with E-state index in [9.17, 15) is 28.2 Å². The van der Waals surface area contributed by atoms with Gasteiger partial charge in [-0.2, -0.15) is 0 Å². The molecule has 1 aromatic carbocycles. The van der Waals surface area contributed by atoms with Gasteiger partial charge in [-0.15, -0.1) is 0 Å². The average molecular weight is 471 g/mol. The molecule has 1 aliphatic heterocycles. The predicted octanol–water partition coefficient (Wildman–Crippen LogP) is 3.53. The van der Waals surface area contributed by atoms with Gasteiger partial charge >= 0.3 is 0 Å². The van der Waals surface area contributed by atoms with Crippen LogP contribution in [-0.2, 0) is 4.74 Å². The standard InChI is InChI=1S/C24H20F3N3O4/c25-13-2-1-3-14(26)20(13)21-15(27)4-5-16(29-21)23(33)30-17-11-28-9-6-12(17)19-10-18(31)22(32)24(34-19)7-8-24/h1-6,9,11,18-19,22,31-32H,7-8,10H2,(H,30,33)/t18-,19-,22+/m1/s1. The average Bonchev–Trinajstić information content (AvgIpc) is 3.58. The second-order valence-electron chi connectivity index (χ2n) is 8.46. The Morgan fingerprint density at radius 1 is 1.06 bits per heavy atom. The lowest BCUT2D eigenvalue weighted by Gasteiger charge is -2.38. The molecular weight excluding hydrogens is 451 g/mol. The van der Waals surface area contributed by atoms with E-state index in [1.54, 1.807) is 6.07 Å². The minimum absolute atomic E-state index is 0.112. The third-order valence-corrected chi connectivity index (χ3v) is 6.21. The van der Waals surface area contributed by atoms with Crippen molar-refractivity contribution >= 4 is 11.6 Å². The third kappa shape index (κ3) is 3.93. The number of hydrogen-bond acceptors (Lipinski definition) is 6. The molecule has 1 amide bonds. The summed E-state index contributed by atoms with van der Waals surface area (Å²) in [5, 5.41) is 23.2. The number of pyridine rings is 2. The SMILES string of the molecule is O=C(Nc1cnccc1[C@H]1C[C@@H](O)[C@H](O)C2(CC2)O1)c1ccc(F)c(-c2c(F)cccc2F)n1. The van der Waals surface area contributed by atoms with E-state index in [0.717, 1.165) is 30.3 Å². The molecule has 1 saturated heterocycles. The van der Waals surface area contributed by atoms with Gasteiger partial charge in [0.05, 0.1) is 35.3 Å². The van der Waals surface area contributed by atoms with E-state index in [2.05, 4.69) is 15.3 Å². The number of aliphatic hydroxyl groups excluding tert-OH is 2. The number of carbonyl (C=O) groups excluding carboxylic acids is 1. The lowest BCUT2D eigenvalue weighted by atomic mass is 9.92. The number of rotatable bonds is 4. The Balaban J connectivity index is 1.43. The van der Waals surface area contributed by atoms with Gasteiger partial charge in [-0.1, -0.05) is 6.07 Å². The van der Waals surface area contributed by atoms with Crippen molar-refractivity contribution in [2.75, 3.05) is 5.32 Å². The van der Waals surface area contributed by atoms with Crippen molar-refractivity contribution in [1.29, 1.82) is 0 Å². The summed E-state index contributed by atoms with van der Waals surface area (Å²) in [5.41, 5.74) is -1.57. The molecule has 2 fully saturated rings. The summed E-state index contributed by atoms with van der Waals surface area (Å²) in [6.45, 7) is 0. The summed E-state index contributed by atoms with van der Waals surface area (Å²) in [6, 6.07) is 6.71. The van der Waals surface area contributed by atoms with Gasteiger partial charge in [0.2, 0.25) is 0 Å². The monoisotopic (exact) mass is 471 g/mol. The first-order chi connectivity index (χ1) is 16.3. The molecule has 5 rings (SSSR count). The van der Waals surface area contributed by atoms with Crippen LogP contribution in [0.1, 0.15) is 41.4 Å². The van der Waals surface area contributed by atoms with E-state index in [-0.39, 0.29) is 17.8 Å². The van der Waals surface area contributed by atoms with E-state index in [1.165, 1.54) is 12.4 Å². The summed E-state index contributed by atoms with van der Waals surface area (Å²) in [6.07, 6.45) is 1.64. The number of benzene rings is 1. The first kappa shape index (κ1) is 22.5. The van der Waals surface area contributed by atoms with Crippen LogP contribution in [0, 0.1) is 17.5 Å². The lowest BCUT2D eigenvalue weighted by Crippen LogP contribution is -2.47. The first-order valence-electron chi connectivity index (χ1n) is 10.7. The van der Waals surface area contributed by atoms with Crippen molar-refractivity contribution in [1.82, 2.24) is 9.97 Å². The maximum Gasteiger partial charge on any atom is 0.274 e. The molecule has 176 valence electrons. The molecule has 3 aromatic rings. The highest BCUT2D eigenvalue weighted by Crippen LogP contribution is 2.52. The number of nitrogens with zero attached hydrogens (tertiary/aromatic N) is 2. The van der Waals surface area contributed by atoms with Crippen LogP contribution >= 0.6 is 0 Å². The molecule has 0 unspecified atom stereocenters. The van der Waals surface area contributed by atoms with Gasteiger partial charge in [0.15, 0.2) is 0 Å². The molecule has 0 radical (unpaired) electrons. The second-order valence-corrected chi connectivity index (χ2v) is 8.46. The first-order valence-corrected chi connectivity index (χ1v) is 10.7. The fourth-order valence-electron chi connectivity index (χ4n) is 4.27. The molecule has 3 atom stereocenters. The van der Waals surface area contributed by atoms with E-state index in [0.29, 0.717) is 18.4 Å². The Kier molecular flexibility index (Phi) is 5.59. The quantitative estimate of drug-likeness (QED) is 0.538. The molecule has 34 heavy (non-hydrogen) atoms. The Hall–Kier alpha value is -3.34. The summed E-state index contributed by atoms with van der Waals surface area (Å²) >= 11 is 0. The topological polar surface area (TPSA) is 105 Å². The molecule has 7 nitrogen and oxygen atoms in total. The summed E-state index contributed by atoms with van der Waals surface area (Å²) in [7, 11) is 0. The van der Waals surface area contributed by atoms with Crippen molar-refractivity contribution in [2.45, 2.75) is 43.2 Å². The van der Waals surface area contributed by atoms with Crippen LogP contribution in [-0.4, -0.2) is 43.9 Å². The highest BCUT2D eigenvalue weighted by molar-refractivity contribution is 6.03. The normalized spacial score (nSPS) is 23.0. The summed E-state index contributed by atoms with van der Waals surface area (Å²) in [5.74, 6) is -3.77. The zero-order valence-corrected chi connectivity index (χ0v) is 17.7. The van der Waals surface area contributed by atoms with E-state index in [4.69, 9.17) is 4.74 Å². The zero-order chi connectivity index (χ0) is 24.0. The lowest BCUT2D eigenvalue weighted by molar-refractivity contribution is -0.185. The minimum atomic E-state index is -1.01. The van der Waals surface area contributed by atoms with Crippen LogP contribution in [0.2, 0.25) is 0 Å². The zero-order valence-electron chi connectivity index (χ0n) is 17.7.